The molecule has 4 N–H and O–H groups in total. The van der Waals surface area contributed by atoms with E-state index in [2.05, 4.69) is 66.5 Å². The SMILES string of the molecule is O=C1NCCC(C2CCC3(C2)Cn2cc(O)c(=O)c(n2)C(=O)NCCCOCCc2cnc4c(ccn43)c2)/C=C/Cc2cnc3c(ccn3C3(CCCC3)Cn3cc(O)c(=O)c1n3)c2. The van der Waals surface area contributed by atoms with Crippen molar-refractivity contribution >= 4 is 33.9 Å². The number of carbonyl (C=O) groups excluding carboxylic acids is 2. The van der Waals surface area contributed by atoms with Crippen LogP contribution >= 0.6 is 0 Å². The van der Waals surface area contributed by atoms with Gasteiger partial charge >= 0.3 is 0 Å². The molecule has 10 heterocycles. The van der Waals surface area contributed by atoms with Gasteiger partial charge in [0, 0.05) is 55.3 Å². The van der Waals surface area contributed by atoms with E-state index in [1.165, 1.54) is 21.8 Å². The second-order valence-corrected chi connectivity index (χ2v) is 18.1. The number of pyridine rings is 2. The standard InChI is InChI=1S/C47H52N10O7/c58-36-26-54-28-46(12-1-2-13-46)56-17-9-33-21-30(24-50-42(33)56)5-3-6-32(8-16-49-45(63)39(52-54)41(36)61)35-7-14-47(23-35)29-55-27-37(59)40(60)38(53-55)44(62)48-15-4-19-64-20-11-31-22-34-10-18-57(47)43(34)51-25-31/h3,6,9-10,17-18,21-22,24-27,32,35,58-59H,1-2,4-5,7-8,11-16,19-20,23,28-29H2,(H,48,62)(H,49,63)/b6-3+. The van der Waals surface area contributed by atoms with E-state index in [1.807, 2.05) is 24.7 Å². The molecule has 0 saturated heterocycles. The van der Waals surface area contributed by atoms with Crippen molar-refractivity contribution in [2.45, 2.75) is 94.8 Å². The highest BCUT2D eigenvalue weighted by atomic mass is 16.5. The first kappa shape index (κ1) is 41.4. The van der Waals surface area contributed by atoms with Crippen molar-refractivity contribution < 1.29 is 24.5 Å². The lowest BCUT2D eigenvalue weighted by Crippen LogP contribution is -2.39. The van der Waals surface area contributed by atoms with Crippen molar-refractivity contribution in [3.05, 3.63) is 117 Å². The number of rotatable bonds is 1. The first-order valence-corrected chi connectivity index (χ1v) is 22.4. The minimum absolute atomic E-state index is 0.0431. The van der Waals surface area contributed by atoms with Crippen LogP contribution in [0.3, 0.4) is 0 Å². The summed E-state index contributed by atoms with van der Waals surface area (Å²) in [4.78, 5) is 63.3. The van der Waals surface area contributed by atoms with E-state index in [1.54, 1.807) is 0 Å². The highest BCUT2D eigenvalue weighted by molar-refractivity contribution is 5.92. The van der Waals surface area contributed by atoms with Crippen LogP contribution in [0.5, 0.6) is 11.5 Å². The molecule has 0 aromatic carbocycles. The molecule has 3 unspecified atom stereocenters. The molecule has 12 bridgehead atoms. The monoisotopic (exact) mass is 868 g/mol. The van der Waals surface area contributed by atoms with Crippen LogP contribution in [0.4, 0.5) is 0 Å². The third-order valence-electron chi connectivity index (χ3n) is 14.0. The molecule has 0 radical (unpaired) electrons. The van der Waals surface area contributed by atoms with Gasteiger partial charge in [0.25, 0.3) is 22.7 Å². The zero-order valence-corrected chi connectivity index (χ0v) is 35.6. The second kappa shape index (κ2) is 16.8. The number of hydrogen-bond acceptors (Lipinski definition) is 11. The Morgan fingerprint density at radius 2 is 1.31 bits per heavy atom. The van der Waals surface area contributed by atoms with Crippen molar-refractivity contribution in [3.8, 4) is 11.5 Å². The van der Waals surface area contributed by atoms with Crippen LogP contribution in [-0.4, -0.2) is 87.0 Å². The number of ether oxygens (including phenoxy) is 1. The van der Waals surface area contributed by atoms with Crippen LogP contribution in [0.25, 0.3) is 22.1 Å². The minimum atomic E-state index is -0.841. The van der Waals surface area contributed by atoms with Gasteiger partial charge in [0.05, 0.1) is 43.2 Å². The maximum atomic E-state index is 13.8. The summed E-state index contributed by atoms with van der Waals surface area (Å²) < 4.78 is 13.2. The number of nitrogens with zero attached hydrogens (tertiary/aromatic N) is 8. The molecule has 17 heteroatoms. The van der Waals surface area contributed by atoms with E-state index in [-0.39, 0.29) is 42.9 Å². The molecule has 12 rings (SSSR count). The number of aromatic nitrogens is 8. The Kier molecular flexibility index (Phi) is 10.9. The lowest BCUT2D eigenvalue weighted by atomic mass is 9.85. The predicted molar refractivity (Wildman–Crippen MR) is 236 cm³/mol. The fourth-order valence-electron chi connectivity index (χ4n) is 10.8. The van der Waals surface area contributed by atoms with E-state index < -0.39 is 45.2 Å². The Bertz CT molecular complexity index is 2920. The minimum Gasteiger partial charge on any atom is -0.503 e. The highest BCUT2D eigenvalue weighted by Crippen LogP contribution is 2.47. The van der Waals surface area contributed by atoms with Crippen molar-refractivity contribution in [1.82, 2.24) is 49.3 Å². The number of nitrogens with one attached hydrogen (secondary N) is 2. The molecule has 6 aromatic rings. The van der Waals surface area contributed by atoms with Gasteiger partial charge in [-0.1, -0.05) is 25.0 Å². The second-order valence-electron chi connectivity index (χ2n) is 18.1. The number of hydrogen-bond donors (Lipinski definition) is 4. The molecule has 3 atom stereocenters. The van der Waals surface area contributed by atoms with Crippen LogP contribution in [0.1, 0.15) is 89.9 Å². The van der Waals surface area contributed by atoms with Gasteiger partial charge in [-0.05, 0) is 105 Å². The highest BCUT2D eigenvalue weighted by Gasteiger charge is 2.44. The average Bonchev–Trinajstić information content (AvgIpc) is 4.11. The van der Waals surface area contributed by atoms with E-state index in [9.17, 15) is 29.4 Å². The topological polar surface area (TPSA) is 213 Å². The Morgan fingerprint density at radius 3 is 2.00 bits per heavy atom. The van der Waals surface area contributed by atoms with E-state index in [0.29, 0.717) is 58.3 Å². The quantitative estimate of drug-likeness (QED) is 0.171. The molecule has 4 aliphatic heterocycles. The van der Waals surface area contributed by atoms with Crippen molar-refractivity contribution in [2.75, 3.05) is 26.3 Å². The van der Waals surface area contributed by atoms with Crippen molar-refractivity contribution in [2.24, 2.45) is 11.8 Å². The third kappa shape index (κ3) is 7.75. The van der Waals surface area contributed by atoms with Crippen LogP contribution in [-0.2, 0) is 41.7 Å². The number of allylic oxidation sites excluding steroid dienone is 2. The largest absolute Gasteiger partial charge is 0.503 e. The Labute approximate surface area is 367 Å². The summed E-state index contributed by atoms with van der Waals surface area (Å²) >= 11 is 0. The Balaban J connectivity index is 1.02. The fraction of sp³-hybridized carbons (Fsp3) is 0.447. The van der Waals surface area contributed by atoms with Gasteiger partial charge in [-0.3, -0.25) is 28.5 Å². The van der Waals surface area contributed by atoms with Gasteiger partial charge in [-0.15, -0.1) is 0 Å². The van der Waals surface area contributed by atoms with Crippen LogP contribution in [0.2, 0.25) is 0 Å². The molecule has 2 saturated carbocycles. The van der Waals surface area contributed by atoms with Gasteiger partial charge in [0.1, 0.15) is 11.3 Å². The maximum absolute atomic E-state index is 13.8. The van der Waals surface area contributed by atoms with Crippen LogP contribution < -0.4 is 21.5 Å². The number of aromatic hydroxyl groups is 2. The van der Waals surface area contributed by atoms with Gasteiger partial charge in [0.15, 0.2) is 22.9 Å². The number of fused-ring (bicyclic) bond motifs is 15. The summed E-state index contributed by atoms with van der Waals surface area (Å²) in [5.74, 6) is -2.38. The number of carbonyl (C=O) groups is 2. The molecule has 2 aliphatic carbocycles. The Morgan fingerprint density at radius 1 is 0.703 bits per heavy atom. The van der Waals surface area contributed by atoms with Crippen molar-refractivity contribution in [3.63, 3.8) is 0 Å². The summed E-state index contributed by atoms with van der Waals surface area (Å²) in [5.41, 5.74) is 0.290. The molecule has 332 valence electrons. The normalized spacial score (nSPS) is 23.7. The average molecular weight is 869 g/mol. The molecule has 17 nitrogen and oxygen atoms in total. The number of amides is 2. The van der Waals surface area contributed by atoms with Crippen LogP contribution in [0.15, 0.2) is 83.2 Å². The first-order valence-electron chi connectivity index (χ1n) is 22.4. The molecule has 2 amide bonds. The first-order chi connectivity index (χ1) is 31.1. The van der Waals surface area contributed by atoms with Crippen LogP contribution in [0, 0.1) is 11.8 Å². The lowest BCUT2D eigenvalue weighted by Gasteiger charge is -2.33. The zero-order chi connectivity index (χ0) is 44.0. The molecule has 2 spiro atoms. The molecule has 6 aliphatic rings. The zero-order valence-electron chi connectivity index (χ0n) is 35.6. The van der Waals surface area contributed by atoms with Gasteiger partial charge in [-0.25, -0.2) is 9.97 Å². The third-order valence-corrected chi connectivity index (χ3v) is 14.0. The molecule has 2 fully saturated rings. The molecule has 6 aromatic heterocycles. The van der Waals surface area contributed by atoms with E-state index in [4.69, 9.17) is 14.7 Å². The predicted octanol–water partition coefficient (Wildman–Crippen LogP) is 4.32. The summed E-state index contributed by atoms with van der Waals surface area (Å²) in [6, 6.07) is 8.45. The summed E-state index contributed by atoms with van der Waals surface area (Å²) in [6.07, 6.45) is 23.1. The maximum Gasteiger partial charge on any atom is 0.275 e. The van der Waals surface area contributed by atoms with Gasteiger partial charge in [-0.2, -0.15) is 10.2 Å². The van der Waals surface area contributed by atoms with E-state index in [0.717, 1.165) is 65.3 Å². The summed E-state index contributed by atoms with van der Waals surface area (Å²) in [6.45, 7) is 2.01. The fourth-order valence-corrected chi connectivity index (χ4v) is 10.8. The lowest BCUT2D eigenvalue weighted by molar-refractivity contribution is 0.0927. The smallest absolute Gasteiger partial charge is 0.275 e. The Hall–Kier alpha value is -6.62. The van der Waals surface area contributed by atoms with Gasteiger partial charge < -0.3 is 34.7 Å². The molecule has 64 heavy (non-hydrogen) atoms. The summed E-state index contributed by atoms with van der Waals surface area (Å²) in [5, 5.41) is 38.4. The molecular formula is C47H52N10O7. The summed E-state index contributed by atoms with van der Waals surface area (Å²) in [7, 11) is 0. The molecular weight excluding hydrogens is 817 g/mol. The van der Waals surface area contributed by atoms with E-state index >= 15 is 0 Å². The van der Waals surface area contributed by atoms with Gasteiger partial charge in [0.2, 0.25) is 0 Å². The van der Waals surface area contributed by atoms with Crippen molar-refractivity contribution in [1.29, 1.82) is 0 Å².